The standard InChI is InChI=1S/C22H26ClFN2O3/c1-15(21(28)25-22(2,3)4)26(13-16-6-5-7-17(23)12-16)20(27)14-29-19-10-8-18(24)9-11-19/h5-12,15H,13-14H2,1-4H3,(H,25,28). The smallest absolute Gasteiger partial charge is 0.261 e. The molecule has 0 heterocycles. The molecule has 2 aromatic carbocycles. The Hall–Kier alpha value is -2.60. The van der Waals surface area contributed by atoms with E-state index in [1.54, 1.807) is 25.1 Å². The highest BCUT2D eigenvalue weighted by Crippen LogP contribution is 2.16. The van der Waals surface area contributed by atoms with E-state index in [4.69, 9.17) is 16.3 Å². The number of nitrogens with zero attached hydrogens (tertiary/aromatic N) is 1. The summed E-state index contributed by atoms with van der Waals surface area (Å²) in [4.78, 5) is 27.0. The summed E-state index contributed by atoms with van der Waals surface area (Å²) >= 11 is 6.05. The van der Waals surface area contributed by atoms with Crippen molar-refractivity contribution in [2.45, 2.75) is 45.8 Å². The zero-order valence-electron chi connectivity index (χ0n) is 17.0. The highest BCUT2D eigenvalue weighted by Gasteiger charge is 2.28. The molecule has 156 valence electrons. The molecule has 0 bridgehead atoms. The third kappa shape index (κ3) is 7.38. The van der Waals surface area contributed by atoms with E-state index in [-0.39, 0.29) is 25.0 Å². The van der Waals surface area contributed by atoms with E-state index in [0.29, 0.717) is 10.8 Å². The van der Waals surface area contributed by atoms with Gasteiger partial charge in [0.05, 0.1) is 0 Å². The quantitative estimate of drug-likeness (QED) is 0.730. The van der Waals surface area contributed by atoms with E-state index >= 15 is 0 Å². The Labute approximate surface area is 175 Å². The average molecular weight is 421 g/mol. The molecule has 1 unspecified atom stereocenters. The summed E-state index contributed by atoms with van der Waals surface area (Å²) in [6.45, 7) is 7.21. The molecule has 0 saturated carbocycles. The van der Waals surface area contributed by atoms with Crippen molar-refractivity contribution in [1.29, 1.82) is 0 Å². The Morgan fingerprint density at radius 2 is 1.83 bits per heavy atom. The zero-order chi connectivity index (χ0) is 21.6. The highest BCUT2D eigenvalue weighted by atomic mass is 35.5. The van der Waals surface area contributed by atoms with Gasteiger partial charge in [-0.2, -0.15) is 0 Å². The van der Waals surface area contributed by atoms with Gasteiger partial charge in [-0.05, 0) is 69.7 Å². The van der Waals surface area contributed by atoms with Crippen molar-refractivity contribution in [3.63, 3.8) is 0 Å². The van der Waals surface area contributed by atoms with Crippen LogP contribution in [0.2, 0.25) is 5.02 Å². The number of hydrogen-bond acceptors (Lipinski definition) is 3. The number of nitrogens with one attached hydrogen (secondary N) is 1. The molecule has 29 heavy (non-hydrogen) atoms. The lowest BCUT2D eigenvalue weighted by Crippen LogP contribution is -2.53. The van der Waals surface area contributed by atoms with Crippen LogP contribution in [0.1, 0.15) is 33.3 Å². The van der Waals surface area contributed by atoms with Gasteiger partial charge in [-0.15, -0.1) is 0 Å². The topological polar surface area (TPSA) is 58.6 Å². The van der Waals surface area contributed by atoms with Gasteiger partial charge in [-0.1, -0.05) is 23.7 Å². The van der Waals surface area contributed by atoms with E-state index in [1.165, 1.54) is 29.2 Å². The fourth-order valence-electron chi connectivity index (χ4n) is 2.65. The van der Waals surface area contributed by atoms with Crippen molar-refractivity contribution in [1.82, 2.24) is 10.2 Å². The maximum absolute atomic E-state index is 13.0. The SMILES string of the molecule is CC(C(=O)NC(C)(C)C)N(Cc1cccc(Cl)c1)C(=O)COc1ccc(F)cc1. The molecular formula is C22H26ClFN2O3. The molecule has 5 nitrogen and oxygen atoms in total. The molecule has 7 heteroatoms. The second kappa shape index (κ2) is 9.74. The van der Waals surface area contributed by atoms with Gasteiger partial charge in [0.15, 0.2) is 6.61 Å². The predicted octanol–water partition coefficient (Wildman–Crippen LogP) is 4.19. The van der Waals surface area contributed by atoms with Crippen molar-refractivity contribution >= 4 is 23.4 Å². The summed E-state index contributed by atoms with van der Waals surface area (Å²) in [5.74, 6) is -0.659. The van der Waals surface area contributed by atoms with E-state index in [0.717, 1.165) is 5.56 Å². The Kier molecular flexibility index (Phi) is 7.62. The molecule has 0 aliphatic rings. The summed E-state index contributed by atoms with van der Waals surface area (Å²) in [5.41, 5.74) is 0.365. The summed E-state index contributed by atoms with van der Waals surface area (Å²) in [6.07, 6.45) is 0. The first-order valence-electron chi connectivity index (χ1n) is 9.29. The summed E-state index contributed by atoms with van der Waals surface area (Å²) in [5, 5.41) is 3.44. The van der Waals surface area contributed by atoms with Crippen LogP contribution in [0, 0.1) is 5.82 Å². The van der Waals surface area contributed by atoms with E-state index in [9.17, 15) is 14.0 Å². The highest BCUT2D eigenvalue weighted by molar-refractivity contribution is 6.30. The molecule has 0 aromatic heterocycles. The van der Waals surface area contributed by atoms with Crippen LogP contribution >= 0.6 is 11.6 Å². The molecular weight excluding hydrogens is 395 g/mol. The van der Waals surface area contributed by atoms with Crippen LogP contribution < -0.4 is 10.1 Å². The first kappa shape index (κ1) is 22.7. The Morgan fingerprint density at radius 3 is 2.41 bits per heavy atom. The van der Waals surface area contributed by atoms with Gasteiger partial charge in [0, 0.05) is 17.1 Å². The van der Waals surface area contributed by atoms with Crippen LogP contribution in [0.5, 0.6) is 5.75 Å². The lowest BCUT2D eigenvalue weighted by molar-refractivity contribution is -0.142. The number of carbonyl (C=O) groups excluding carboxylic acids is 2. The third-order valence-electron chi connectivity index (χ3n) is 4.08. The third-order valence-corrected chi connectivity index (χ3v) is 4.32. The van der Waals surface area contributed by atoms with Gasteiger partial charge in [-0.25, -0.2) is 4.39 Å². The summed E-state index contributed by atoms with van der Waals surface area (Å²) < 4.78 is 18.5. The fraction of sp³-hybridized carbons (Fsp3) is 0.364. The lowest BCUT2D eigenvalue weighted by Gasteiger charge is -2.31. The van der Waals surface area contributed by atoms with Gasteiger partial charge >= 0.3 is 0 Å². The van der Waals surface area contributed by atoms with Crippen LogP contribution in [0.25, 0.3) is 0 Å². The second-order valence-electron chi connectivity index (χ2n) is 7.81. The lowest BCUT2D eigenvalue weighted by atomic mass is 10.1. The van der Waals surface area contributed by atoms with Gasteiger partial charge in [0.25, 0.3) is 5.91 Å². The number of amides is 2. The number of halogens is 2. The number of carbonyl (C=O) groups is 2. The van der Waals surface area contributed by atoms with Crippen LogP contribution in [-0.2, 0) is 16.1 Å². The first-order valence-corrected chi connectivity index (χ1v) is 9.67. The Morgan fingerprint density at radius 1 is 1.17 bits per heavy atom. The van der Waals surface area contributed by atoms with Gasteiger partial charge < -0.3 is 15.0 Å². The largest absolute Gasteiger partial charge is 0.484 e. The minimum Gasteiger partial charge on any atom is -0.484 e. The minimum atomic E-state index is -0.725. The molecule has 0 aliphatic carbocycles. The monoisotopic (exact) mass is 420 g/mol. The Bertz CT molecular complexity index is 850. The molecule has 2 rings (SSSR count). The van der Waals surface area contributed by atoms with Crippen molar-refractivity contribution < 1.29 is 18.7 Å². The van der Waals surface area contributed by atoms with E-state index in [2.05, 4.69) is 5.32 Å². The predicted molar refractivity (Wildman–Crippen MR) is 111 cm³/mol. The molecule has 0 radical (unpaired) electrons. The Balaban J connectivity index is 2.16. The van der Waals surface area contributed by atoms with E-state index in [1.807, 2.05) is 26.8 Å². The van der Waals surface area contributed by atoms with Crippen LogP contribution in [0.15, 0.2) is 48.5 Å². The number of rotatable bonds is 7. The average Bonchev–Trinajstić information content (AvgIpc) is 2.63. The molecule has 0 spiro atoms. The van der Waals surface area contributed by atoms with Crippen molar-refractivity contribution in [2.24, 2.45) is 0 Å². The summed E-state index contributed by atoms with van der Waals surface area (Å²) in [7, 11) is 0. The molecule has 1 N–H and O–H groups in total. The van der Waals surface area contributed by atoms with Crippen molar-refractivity contribution in [3.8, 4) is 5.75 Å². The van der Waals surface area contributed by atoms with Crippen LogP contribution in [-0.4, -0.2) is 34.9 Å². The van der Waals surface area contributed by atoms with Crippen molar-refractivity contribution in [2.75, 3.05) is 6.61 Å². The second-order valence-corrected chi connectivity index (χ2v) is 8.25. The molecule has 2 amide bonds. The zero-order valence-corrected chi connectivity index (χ0v) is 17.8. The van der Waals surface area contributed by atoms with Gasteiger partial charge in [0.2, 0.25) is 5.91 Å². The molecule has 0 saturated heterocycles. The van der Waals surface area contributed by atoms with Gasteiger partial charge in [0.1, 0.15) is 17.6 Å². The molecule has 2 aromatic rings. The maximum Gasteiger partial charge on any atom is 0.261 e. The fourth-order valence-corrected chi connectivity index (χ4v) is 2.86. The first-order chi connectivity index (χ1) is 13.5. The molecule has 0 fully saturated rings. The minimum absolute atomic E-state index is 0.199. The van der Waals surface area contributed by atoms with Crippen LogP contribution in [0.3, 0.4) is 0 Å². The van der Waals surface area contributed by atoms with Gasteiger partial charge in [-0.3, -0.25) is 9.59 Å². The molecule has 0 aliphatic heterocycles. The normalized spacial score (nSPS) is 12.2. The van der Waals surface area contributed by atoms with Crippen LogP contribution in [0.4, 0.5) is 4.39 Å². The maximum atomic E-state index is 13.0. The summed E-state index contributed by atoms with van der Waals surface area (Å²) in [6, 6.07) is 11.8. The molecule has 1 atom stereocenters. The van der Waals surface area contributed by atoms with Crippen molar-refractivity contribution in [3.05, 3.63) is 64.9 Å². The van der Waals surface area contributed by atoms with E-state index < -0.39 is 17.4 Å². The number of hydrogen-bond donors (Lipinski definition) is 1. The number of ether oxygens (including phenoxy) is 1. The number of benzene rings is 2.